The van der Waals surface area contributed by atoms with Crippen molar-refractivity contribution >= 4 is 35.1 Å². The highest BCUT2D eigenvalue weighted by Crippen LogP contribution is 2.42. The number of rotatable bonds is 3. The van der Waals surface area contributed by atoms with Gasteiger partial charge in [-0.1, -0.05) is 59.1 Å². The number of ketones is 1. The first kappa shape index (κ1) is 20.1. The summed E-state index contributed by atoms with van der Waals surface area (Å²) in [5, 5.41) is 1.06. The van der Waals surface area contributed by atoms with E-state index in [2.05, 4.69) is 4.90 Å². The number of carbonyl (C=O) groups is 1. The molecule has 0 amide bonds. The molecule has 0 N–H and O–H groups in total. The van der Waals surface area contributed by atoms with E-state index < -0.39 is 0 Å². The van der Waals surface area contributed by atoms with Gasteiger partial charge in [0, 0.05) is 13.1 Å². The third kappa shape index (κ3) is 3.94. The number of aryl methyl sites for hydroxylation is 1. The Balaban J connectivity index is 1.42. The van der Waals surface area contributed by atoms with E-state index in [1.165, 1.54) is 0 Å². The summed E-state index contributed by atoms with van der Waals surface area (Å²) in [5.41, 5.74) is 4.54. The number of fused-ring (bicyclic) bond motifs is 3. The van der Waals surface area contributed by atoms with Crippen LogP contribution in [0.3, 0.4) is 0 Å². The van der Waals surface area contributed by atoms with Gasteiger partial charge in [-0.05, 0) is 48.4 Å². The number of hydrogen-bond donors (Lipinski definition) is 0. The van der Waals surface area contributed by atoms with Crippen LogP contribution in [0.15, 0.2) is 60.4 Å². The van der Waals surface area contributed by atoms with E-state index in [1.54, 1.807) is 18.2 Å². The molecule has 0 saturated heterocycles. The Morgan fingerprint density at radius 3 is 2.74 bits per heavy atom. The molecule has 3 aromatic carbocycles. The summed E-state index contributed by atoms with van der Waals surface area (Å²) >= 11 is 12.2. The molecule has 0 atom stereocenters. The number of halogens is 2. The minimum Gasteiger partial charge on any atom is -0.478 e. The molecule has 0 spiro atoms. The van der Waals surface area contributed by atoms with E-state index >= 15 is 0 Å². The van der Waals surface area contributed by atoms with E-state index in [1.807, 2.05) is 49.4 Å². The second kappa shape index (κ2) is 8.04. The van der Waals surface area contributed by atoms with Crippen molar-refractivity contribution in [3.63, 3.8) is 0 Å². The standard InChI is InChI=1S/C25H19Cl2NO3/c1-15-3-2-4-16(9-15)11-23-24(29)18-6-8-22-19(25(18)31-23)13-28(14-30-22)12-17-5-7-20(26)21(27)10-17/h2-11H,12-14H2,1H3/b23-11-. The summed E-state index contributed by atoms with van der Waals surface area (Å²) in [4.78, 5) is 15.1. The fourth-order valence-electron chi connectivity index (χ4n) is 3.91. The molecule has 0 radical (unpaired) electrons. The summed E-state index contributed by atoms with van der Waals surface area (Å²) in [5.74, 6) is 1.55. The van der Waals surface area contributed by atoms with Gasteiger partial charge in [-0.3, -0.25) is 9.69 Å². The van der Waals surface area contributed by atoms with Gasteiger partial charge in [-0.25, -0.2) is 0 Å². The number of allylic oxidation sites excluding steroid dienone is 1. The van der Waals surface area contributed by atoms with Crippen LogP contribution in [0.1, 0.15) is 32.6 Å². The van der Waals surface area contributed by atoms with E-state index in [9.17, 15) is 4.79 Å². The minimum absolute atomic E-state index is 0.110. The molecule has 0 fully saturated rings. The molecule has 0 bridgehead atoms. The lowest BCUT2D eigenvalue weighted by Crippen LogP contribution is -2.31. The fraction of sp³-hybridized carbons (Fsp3) is 0.160. The van der Waals surface area contributed by atoms with Crippen molar-refractivity contribution in [2.45, 2.75) is 20.0 Å². The van der Waals surface area contributed by atoms with Gasteiger partial charge < -0.3 is 9.47 Å². The van der Waals surface area contributed by atoms with Gasteiger partial charge in [-0.15, -0.1) is 0 Å². The Hall–Kier alpha value is -2.79. The van der Waals surface area contributed by atoms with Crippen molar-refractivity contribution in [2.75, 3.05) is 6.73 Å². The van der Waals surface area contributed by atoms with Crippen LogP contribution in [-0.4, -0.2) is 17.4 Å². The molecule has 2 aliphatic rings. The lowest BCUT2D eigenvalue weighted by Gasteiger charge is -2.29. The molecule has 3 aromatic rings. The van der Waals surface area contributed by atoms with Gasteiger partial charge in [0.1, 0.15) is 18.2 Å². The van der Waals surface area contributed by atoms with Crippen molar-refractivity contribution < 1.29 is 14.3 Å². The van der Waals surface area contributed by atoms with Crippen molar-refractivity contribution in [1.82, 2.24) is 4.90 Å². The Bertz CT molecular complexity index is 1240. The molecule has 0 unspecified atom stereocenters. The number of carbonyl (C=O) groups excluding carboxylic acids is 1. The van der Waals surface area contributed by atoms with E-state index in [-0.39, 0.29) is 5.78 Å². The van der Waals surface area contributed by atoms with Gasteiger partial charge in [0.2, 0.25) is 5.78 Å². The van der Waals surface area contributed by atoms with Crippen LogP contribution in [0.2, 0.25) is 10.0 Å². The van der Waals surface area contributed by atoms with Gasteiger partial charge in [0.25, 0.3) is 0 Å². The van der Waals surface area contributed by atoms with Gasteiger partial charge in [0.05, 0.1) is 21.2 Å². The summed E-state index contributed by atoms with van der Waals surface area (Å²) < 4.78 is 12.0. The van der Waals surface area contributed by atoms with Crippen molar-refractivity contribution in [1.29, 1.82) is 0 Å². The second-order valence-corrected chi connectivity index (χ2v) is 8.60. The Morgan fingerprint density at radius 1 is 1.06 bits per heavy atom. The first-order valence-corrected chi connectivity index (χ1v) is 10.7. The topological polar surface area (TPSA) is 38.8 Å². The summed E-state index contributed by atoms with van der Waals surface area (Å²) in [7, 11) is 0. The molecular formula is C25H19Cl2NO3. The molecule has 6 heteroatoms. The van der Waals surface area contributed by atoms with E-state index in [0.29, 0.717) is 46.9 Å². The Kier molecular flexibility index (Phi) is 5.22. The highest BCUT2D eigenvalue weighted by atomic mass is 35.5. The normalized spacial score (nSPS) is 16.6. The lowest BCUT2D eigenvalue weighted by atomic mass is 10.0. The van der Waals surface area contributed by atoms with Crippen LogP contribution < -0.4 is 9.47 Å². The van der Waals surface area contributed by atoms with Crippen LogP contribution in [0, 0.1) is 6.92 Å². The second-order valence-electron chi connectivity index (χ2n) is 7.78. The zero-order valence-electron chi connectivity index (χ0n) is 16.8. The first-order valence-electron chi connectivity index (χ1n) is 9.94. The molecule has 5 rings (SSSR count). The summed E-state index contributed by atoms with van der Waals surface area (Å²) in [6.45, 7) is 3.69. The van der Waals surface area contributed by atoms with Crippen LogP contribution in [-0.2, 0) is 13.1 Å². The SMILES string of the molecule is Cc1cccc(/C=C2\Oc3c(ccc4c3CN(Cc3ccc(Cl)c(Cl)c3)CO4)C2=O)c1. The molecular weight excluding hydrogens is 433 g/mol. The number of hydrogen-bond acceptors (Lipinski definition) is 4. The van der Waals surface area contributed by atoms with Crippen molar-refractivity contribution in [3.05, 3.63) is 98.2 Å². The molecule has 0 aromatic heterocycles. The predicted molar refractivity (Wildman–Crippen MR) is 122 cm³/mol. The highest BCUT2D eigenvalue weighted by molar-refractivity contribution is 6.42. The third-order valence-electron chi connectivity index (χ3n) is 5.41. The Morgan fingerprint density at radius 2 is 1.94 bits per heavy atom. The monoisotopic (exact) mass is 451 g/mol. The zero-order chi connectivity index (χ0) is 21.5. The fourth-order valence-corrected chi connectivity index (χ4v) is 4.23. The molecule has 2 heterocycles. The van der Waals surface area contributed by atoms with Crippen molar-refractivity contribution in [3.8, 4) is 11.5 Å². The average molecular weight is 452 g/mol. The molecule has 4 nitrogen and oxygen atoms in total. The summed E-state index contributed by atoms with van der Waals surface area (Å²) in [6, 6.07) is 17.2. The predicted octanol–water partition coefficient (Wildman–Crippen LogP) is 6.27. The number of Topliss-reactive ketones (excluding diaryl/α,β-unsaturated/α-hetero) is 1. The highest BCUT2D eigenvalue weighted by Gasteiger charge is 2.33. The molecule has 156 valence electrons. The maximum absolute atomic E-state index is 12.9. The van der Waals surface area contributed by atoms with Crippen molar-refractivity contribution in [2.24, 2.45) is 0 Å². The summed E-state index contributed by atoms with van der Waals surface area (Å²) in [6.07, 6.45) is 1.79. The first-order chi connectivity index (χ1) is 15.0. The van der Waals surface area contributed by atoms with Crippen LogP contribution in [0.25, 0.3) is 6.08 Å². The average Bonchev–Trinajstić information content (AvgIpc) is 3.07. The molecule has 0 saturated carbocycles. The van der Waals surface area contributed by atoms with Crippen LogP contribution in [0.5, 0.6) is 11.5 Å². The van der Waals surface area contributed by atoms with Crippen LogP contribution in [0.4, 0.5) is 0 Å². The zero-order valence-corrected chi connectivity index (χ0v) is 18.3. The Labute approximate surface area is 190 Å². The number of nitrogens with zero attached hydrogens (tertiary/aromatic N) is 1. The van der Waals surface area contributed by atoms with Gasteiger partial charge in [-0.2, -0.15) is 0 Å². The lowest BCUT2D eigenvalue weighted by molar-refractivity contribution is 0.0873. The van der Waals surface area contributed by atoms with E-state index in [4.69, 9.17) is 32.7 Å². The smallest absolute Gasteiger partial charge is 0.231 e. The van der Waals surface area contributed by atoms with Gasteiger partial charge in [0.15, 0.2) is 5.76 Å². The minimum atomic E-state index is -0.110. The number of ether oxygens (including phenoxy) is 2. The number of benzene rings is 3. The largest absolute Gasteiger partial charge is 0.478 e. The molecule has 31 heavy (non-hydrogen) atoms. The third-order valence-corrected chi connectivity index (χ3v) is 6.15. The molecule has 2 aliphatic heterocycles. The van der Waals surface area contributed by atoms with E-state index in [0.717, 1.165) is 28.0 Å². The maximum atomic E-state index is 12.9. The quantitative estimate of drug-likeness (QED) is 0.439. The maximum Gasteiger partial charge on any atom is 0.231 e. The molecule has 0 aliphatic carbocycles. The van der Waals surface area contributed by atoms with Crippen LogP contribution >= 0.6 is 23.2 Å². The van der Waals surface area contributed by atoms with Gasteiger partial charge >= 0.3 is 0 Å².